The number of ether oxygens (including phenoxy) is 1. The first kappa shape index (κ1) is 10.0. The summed E-state index contributed by atoms with van der Waals surface area (Å²) in [5, 5.41) is 7.45. The Labute approximate surface area is 89.8 Å². The van der Waals surface area contributed by atoms with E-state index in [1.54, 1.807) is 0 Å². The molecule has 0 atom stereocenters. The lowest BCUT2D eigenvalue weighted by Crippen LogP contribution is -2.14. The predicted molar refractivity (Wildman–Crippen MR) is 60.4 cm³/mol. The van der Waals surface area contributed by atoms with Crippen molar-refractivity contribution in [1.29, 1.82) is 5.41 Å². The summed E-state index contributed by atoms with van der Waals surface area (Å²) < 4.78 is 5.68. The predicted octanol–water partition coefficient (Wildman–Crippen LogP) is 2.07. The fourth-order valence-corrected chi connectivity index (χ4v) is 1.46. The molecule has 1 aromatic carbocycles. The quantitative estimate of drug-likeness (QED) is 0.582. The van der Waals surface area contributed by atoms with Crippen LogP contribution in [0.15, 0.2) is 18.2 Å². The minimum atomic E-state index is 0.0702. The normalized spacial score (nSPS) is 15.0. The maximum absolute atomic E-state index is 7.45. The van der Waals surface area contributed by atoms with E-state index in [4.69, 9.17) is 15.9 Å². The number of hydrogen-bond acceptors (Lipinski definition) is 2. The maximum atomic E-state index is 7.45. The second-order valence-corrected chi connectivity index (χ2v) is 4.17. The summed E-state index contributed by atoms with van der Waals surface area (Å²) in [5.41, 5.74) is 7.32. The van der Waals surface area contributed by atoms with Gasteiger partial charge >= 0.3 is 0 Å². The van der Waals surface area contributed by atoms with Crippen LogP contribution in [0.4, 0.5) is 0 Å². The van der Waals surface area contributed by atoms with Crippen LogP contribution in [0.3, 0.4) is 0 Å². The molecule has 0 spiro atoms. The Morgan fingerprint density at radius 1 is 1.53 bits per heavy atom. The van der Waals surface area contributed by atoms with E-state index in [1.807, 2.05) is 25.1 Å². The first-order chi connectivity index (χ1) is 7.16. The summed E-state index contributed by atoms with van der Waals surface area (Å²) >= 11 is 0. The Morgan fingerprint density at radius 2 is 2.27 bits per heavy atom. The highest BCUT2D eigenvalue weighted by Gasteiger charge is 2.22. The molecule has 3 nitrogen and oxygen atoms in total. The molecule has 1 aliphatic carbocycles. The van der Waals surface area contributed by atoms with Gasteiger partial charge in [0.25, 0.3) is 0 Å². The van der Waals surface area contributed by atoms with E-state index in [2.05, 4.69) is 0 Å². The van der Waals surface area contributed by atoms with E-state index in [9.17, 15) is 0 Å². The van der Waals surface area contributed by atoms with Crippen molar-refractivity contribution in [1.82, 2.24) is 0 Å². The number of nitrogens with one attached hydrogen (secondary N) is 1. The third-order valence-corrected chi connectivity index (χ3v) is 2.60. The van der Waals surface area contributed by atoms with Crippen LogP contribution in [0, 0.1) is 18.3 Å². The van der Waals surface area contributed by atoms with Crippen LogP contribution in [0.2, 0.25) is 0 Å². The van der Waals surface area contributed by atoms with Crippen molar-refractivity contribution in [2.45, 2.75) is 19.8 Å². The number of hydrogen-bond donors (Lipinski definition) is 2. The van der Waals surface area contributed by atoms with Gasteiger partial charge in [-0.2, -0.15) is 0 Å². The molecule has 0 aromatic heterocycles. The number of benzene rings is 1. The van der Waals surface area contributed by atoms with E-state index in [-0.39, 0.29) is 5.84 Å². The van der Waals surface area contributed by atoms with E-state index < -0.39 is 0 Å². The van der Waals surface area contributed by atoms with Gasteiger partial charge in [-0.3, -0.25) is 5.41 Å². The summed E-state index contributed by atoms with van der Waals surface area (Å²) in [6, 6.07) is 5.74. The standard InChI is InChI=1S/C12H16N2O/c1-8-2-5-10(12(13)14)11(6-8)15-7-9-3-4-9/h2,5-6,9H,3-4,7H2,1H3,(H3,13,14). The monoisotopic (exact) mass is 204 g/mol. The largest absolute Gasteiger partial charge is 0.493 e. The van der Waals surface area contributed by atoms with Crippen LogP contribution < -0.4 is 10.5 Å². The summed E-state index contributed by atoms with van der Waals surface area (Å²) in [7, 11) is 0. The molecule has 0 unspecified atom stereocenters. The van der Waals surface area contributed by atoms with Crippen LogP contribution in [0.5, 0.6) is 5.75 Å². The maximum Gasteiger partial charge on any atom is 0.130 e. The lowest BCUT2D eigenvalue weighted by molar-refractivity contribution is 0.299. The molecule has 1 fully saturated rings. The zero-order valence-electron chi connectivity index (χ0n) is 8.92. The zero-order valence-corrected chi connectivity index (χ0v) is 8.92. The third-order valence-electron chi connectivity index (χ3n) is 2.60. The number of rotatable bonds is 4. The molecule has 0 aliphatic heterocycles. The highest BCUT2D eigenvalue weighted by Crippen LogP contribution is 2.30. The van der Waals surface area contributed by atoms with Crippen molar-refractivity contribution < 1.29 is 4.74 Å². The average molecular weight is 204 g/mol. The van der Waals surface area contributed by atoms with Gasteiger partial charge < -0.3 is 10.5 Å². The van der Waals surface area contributed by atoms with E-state index in [0.29, 0.717) is 11.5 Å². The number of nitrogens with two attached hydrogens (primary N) is 1. The molecule has 0 radical (unpaired) electrons. The van der Waals surface area contributed by atoms with Gasteiger partial charge in [-0.25, -0.2) is 0 Å². The minimum absolute atomic E-state index is 0.0702. The fourth-order valence-electron chi connectivity index (χ4n) is 1.46. The van der Waals surface area contributed by atoms with Crippen molar-refractivity contribution in [2.24, 2.45) is 11.7 Å². The molecule has 0 saturated heterocycles. The second-order valence-electron chi connectivity index (χ2n) is 4.17. The zero-order chi connectivity index (χ0) is 10.8. The Kier molecular flexibility index (Phi) is 2.62. The molecule has 2 rings (SSSR count). The molecular formula is C12H16N2O. The molecule has 1 aliphatic rings. The fraction of sp³-hybridized carbons (Fsp3) is 0.417. The highest BCUT2D eigenvalue weighted by atomic mass is 16.5. The van der Waals surface area contributed by atoms with Gasteiger partial charge in [0.05, 0.1) is 12.2 Å². The van der Waals surface area contributed by atoms with Crippen molar-refractivity contribution >= 4 is 5.84 Å². The summed E-state index contributed by atoms with van der Waals surface area (Å²) in [6.45, 7) is 2.76. The Bertz CT molecular complexity index is 383. The van der Waals surface area contributed by atoms with Crippen molar-refractivity contribution in [3.8, 4) is 5.75 Å². The molecule has 80 valence electrons. The minimum Gasteiger partial charge on any atom is -0.493 e. The van der Waals surface area contributed by atoms with Crippen molar-refractivity contribution in [3.63, 3.8) is 0 Å². The molecule has 1 saturated carbocycles. The molecule has 0 amide bonds. The molecule has 3 heteroatoms. The highest BCUT2D eigenvalue weighted by molar-refractivity contribution is 5.97. The van der Waals surface area contributed by atoms with Gasteiger partial charge in [0.2, 0.25) is 0 Å². The van der Waals surface area contributed by atoms with Gasteiger partial charge in [0.1, 0.15) is 11.6 Å². The lowest BCUT2D eigenvalue weighted by Gasteiger charge is -2.10. The first-order valence-electron chi connectivity index (χ1n) is 5.24. The van der Waals surface area contributed by atoms with Gasteiger partial charge in [0, 0.05) is 0 Å². The third kappa shape index (κ3) is 2.49. The molecule has 0 bridgehead atoms. The van der Waals surface area contributed by atoms with E-state index in [1.165, 1.54) is 12.8 Å². The molecule has 0 heterocycles. The number of amidine groups is 1. The number of aryl methyl sites for hydroxylation is 1. The number of nitrogen functional groups attached to an aromatic ring is 1. The summed E-state index contributed by atoms with van der Waals surface area (Å²) in [6.07, 6.45) is 2.53. The van der Waals surface area contributed by atoms with Gasteiger partial charge in [-0.15, -0.1) is 0 Å². The van der Waals surface area contributed by atoms with E-state index >= 15 is 0 Å². The summed E-state index contributed by atoms with van der Waals surface area (Å²) in [5.74, 6) is 1.53. The SMILES string of the molecule is Cc1ccc(C(=N)N)c(OCC2CC2)c1. The topological polar surface area (TPSA) is 59.1 Å². The van der Waals surface area contributed by atoms with Crippen LogP contribution in [-0.4, -0.2) is 12.4 Å². The summed E-state index contributed by atoms with van der Waals surface area (Å²) in [4.78, 5) is 0. The van der Waals surface area contributed by atoms with Crippen LogP contribution in [0.25, 0.3) is 0 Å². The van der Waals surface area contributed by atoms with E-state index in [0.717, 1.165) is 17.9 Å². The Hall–Kier alpha value is -1.51. The Morgan fingerprint density at radius 3 is 2.87 bits per heavy atom. The van der Waals surface area contributed by atoms with Crippen LogP contribution >= 0.6 is 0 Å². The van der Waals surface area contributed by atoms with Crippen molar-refractivity contribution in [2.75, 3.05) is 6.61 Å². The molecular weight excluding hydrogens is 188 g/mol. The van der Waals surface area contributed by atoms with Gasteiger partial charge in [0.15, 0.2) is 0 Å². The first-order valence-corrected chi connectivity index (χ1v) is 5.24. The smallest absolute Gasteiger partial charge is 0.130 e. The van der Waals surface area contributed by atoms with Crippen LogP contribution in [0.1, 0.15) is 24.0 Å². The lowest BCUT2D eigenvalue weighted by atomic mass is 10.1. The van der Waals surface area contributed by atoms with Crippen molar-refractivity contribution in [3.05, 3.63) is 29.3 Å². The van der Waals surface area contributed by atoms with Gasteiger partial charge in [-0.05, 0) is 43.4 Å². The molecule has 1 aromatic rings. The second kappa shape index (κ2) is 3.93. The average Bonchev–Trinajstić information content (AvgIpc) is 2.97. The van der Waals surface area contributed by atoms with Gasteiger partial charge in [-0.1, -0.05) is 6.07 Å². The molecule has 3 N–H and O–H groups in total. The van der Waals surface area contributed by atoms with Crippen LogP contribution in [-0.2, 0) is 0 Å². The Balaban J connectivity index is 2.16. The molecule has 15 heavy (non-hydrogen) atoms.